The lowest BCUT2D eigenvalue weighted by molar-refractivity contribution is -0.137. The fraction of sp³-hybridized carbons (Fsp3) is 0.619. The van der Waals surface area contributed by atoms with Gasteiger partial charge in [-0.25, -0.2) is 0 Å². The predicted molar refractivity (Wildman–Crippen MR) is 100 cm³/mol. The second-order valence-electron chi connectivity index (χ2n) is 7.65. The van der Waals surface area contributed by atoms with E-state index in [1.165, 1.54) is 12.8 Å². The highest BCUT2D eigenvalue weighted by molar-refractivity contribution is 5.92. The summed E-state index contributed by atoms with van der Waals surface area (Å²) in [6.07, 6.45) is 8.11. The number of carbonyl (C=O) groups excluding carboxylic acids is 2. The first-order chi connectivity index (χ1) is 12.1. The molecule has 0 spiro atoms. The summed E-state index contributed by atoms with van der Waals surface area (Å²) in [6.45, 7) is 3.87. The molecule has 25 heavy (non-hydrogen) atoms. The zero-order valence-corrected chi connectivity index (χ0v) is 15.3. The average Bonchev–Trinajstić information content (AvgIpc) is 2.90. The maximum absolute atomic E-state index is 12.7. The number of benzene rings is 1. The molecule has 1 heterocycles. The number of likely N-dealkylation sites (tertiary alicyclic amines) is 1. The van der Waals surface area contributed by atoms with Crippen molar-refractivity contribution in [1.29, 1.82) is 0 Å². The Balaban J connectivity index is 1.49. The number of anilines is 1. The van der Waals surface area contributed by atoms with Crippen molar-refractivity contribution in [3.63, 3.8) is 0 Å². The van der Waals surface area contributed by atoms with Crippen molar-refractivity contribution >= 4 is 17.5 Å². The van der Waals surface area contributed by atoms with Gasteiger partial charge in [-0.2, -0.15) is 0 Å². The Morgan fingerprint density at radius 3 is 2.24 bits per heavy atom. The Labute approximate surface area is 151 Å². The third-order valence-corrected chi connectivity index (χ3v) is 5.65. The SMILES string of the molecule is Cc1cccc(NC(=O)C2CCC(C(=O)N3CCCCCC3)CC2)c1. The van der Waals surface area contributed by atoms with E-state index < -0.39 is 0 Å². The van der Waals surface area contributed by atoms with Gasteiger partial charge in [-0.15, -0.1) is 0 Å². The lowest BCUT2D eigenvalue weighted by Gasteiger charge is -2.31. The molecule has 0 unspecified atom stereocenters. The largest absolute Gasteiger partial charge is 0.342 e. The predicted octanol–water partition coefficient (Wildman–Crippen LogP) is 4.14. The van der Waals surface area contributed by atoms with E-state index in [0.29, 0.717) is 5.91 Å². The zero-order valence-electron chi connectivity index (χ0n) is 15.3. The van der Waals surface area contributed by atoms with Crippen molar-refractivity contribution in [2.45, 2.75) is 58.3 Å². The Morgan fingerprint density at radius 1 is 0.960 bits per heavy atom. The van der Waals surface area contributed by atoms with Crippen molar-refractivity contribution < 1.29 is 9.59 Å². The quantitative estimate of drug-likeness (QED) is 0.897. The summed E-state index contributed by atoms with van der Waals surface area (Å²) in [5.41, 5.74) is 2.01. The number of hydrogen-bond donors (Lipinski definition) is 1. The van der Waals surface area contributed by atoms with Crippen LogP contribution in [0.4, 0.5) is 5.69 Å². The summed E-state index contributed by atoms with van der Waals surface area (Å²) >= 11 is 0. The molecule has 4 heteroatoms. The summed E-state index contributed by atoms with van der Waals surface area (Å²) in [4.78, 5) is 27.3. The van der Waals surface area contributed by atoms with Gasteiger partial charge >= 0.3 is 0 Å². The fourth-order valence-electron chi connectivity index (χ4n) is 4.12. The third-order valence-electron chi connectivity index (χ3n) is 5.65. The molecule has 0 bridgehead atoms. The average molecular weight is 342 g/mol. The monoisotopic (exact) mass is 342 g/mol. The minimum atomic E-state index is 0.0358. The highest BCUT2D eigenvalue weighted by Crippen LogP contribution is 2.31. The van der Waals surface area contributed by atoms with Crippen LogP contribution in [-0.4, -0.2) is 29.8 Å². The van der Waals surface area contributed by atoms with E-state index in [2.05, 4.69) is 10.2 Å². The number of rotatable bonds is 3. The summed E-state index contributed by atoms with van der Waals surface area (Å²) in [5, 5.41) is 3.03. The second-order valence-corrected chi connectivity index (χ2v) is 7.65. The van der Waals surface area contributed by atoms with Crippen LogP contribution in [0.1, 0.15) is 56.9 Å². The summed E-state index contributed by atoms with van der Waals surface area (Å²) in [7, 11) is 0. The van der Waals surface area contributed by atoms with Gasteiger partial charge in [0, 0.05) is 30.6 Å². The molecule has 0 radical (unpaired) electrons. The van der Waals surface area contributed by atoms with Gasteiger partial charge in [0.25, 0.3) is 0 Å². The van der Waals surface area contributed by atoms with E-state index in [4.69, 9.17) is 0 Å². The van der Waals surface area contributed by atoms with E-state index in [1.54, 1.807) is 0 Å². The van der Waals surface area contributed by atoms with E-state index in [-0.39, 0.29) is 17.7 Å². The normalized spacial score (nSPS) is 24.4. The molecule has 136 valence electrons. The van der Waals surface area contributed by atoms with Crippen LogP contribution in [0.5, 0.6) is 0 Å². The third kappa shape index (κ3) is 4.83. The maximum Gasteiger partial charge on any atom is 0.227 e. The van der Waals surface area contributed by atoms with Crippen LogP contribution in [0, 0.1) is 18.8 Å². The van der Waals surface area contributed by atoms with Gasteiger partial charge in [0.05, 0.1) is 0 Å². The molecule has 0 atom stereocenters. The number of nitrogens with zero attached hydrogens (tertiary/aromatic N) is 1. The summed E-state index contributed by atoms with van der Waals surface area (Å²) in [5.74, 6) is 0.598. The zero-order chi connectivity index (χ0) is 17.6. The Morgan fingerprint density at radius 2 is 1.60 bits per heavy atom. The van der Waals surface area contributed by atoms with Gasteiger partial charge in [0.2, 0.25) is 11.8 Å². The van der Waals surface area contributed by atoms with Crippen molar-refractivity contribution in [2.75, 3.05) is 18.4 Å². The summed E-state index contributed by atoms with van der Waals surface area (Å²) < 4.78 is 0. The molecule has 0 aromatic heterocycles. The van der Waals surface area contributed by atoms with Gasteiger partial charge < -0.3 is 10.2 Å². The van der Waals surface area contributed by atoms with Crippen molar-refractivity contribution in [3.8, 4) is 0 Å². The topological polar surface area (TPSA) is 49.4 Å². The van der Waals surface area contributed by atoms with Gasteiger partial charge in [-0.3, -0.25) is 9.59 Å². The van der Waals surface area contributed by atoms with Crippen LogP contribution in [0.3, 0.4) is 0 Å². The van der Waals surface area contributed by atoms with Gasteiger partial charge in [0.1, 0.15) is 0 Å². The molecule has 1 aliphatic carbocycles. The van der Waals surface area contributed by atoms with E-state index in [1.807, 2.05) is 31.2 Å². The fourth-order valence-corrected chi connectivity index (χ4v) is 4.12. The number of aryl methyl sites for hydroxylation is 1. The Hall–Kier alpha value is -1.84. The molecule has 1 saturated carbocycles. The van der Waals surface area contributed by atoms with Gasteiger partial charge in [-0.1, -0.05) is 25.0 Å². The molecule has 2 fully saturated rings. The maximum atomic E-state index is 12.7. The second kappa shape index (κ2) is 8.50. The molecule has 4 nitrogen and oxygen atoms in total. The molecule has 1 aromatic rings. The Kier molecular flexibility index (Phi) is 6.11. The molecular formula is C21H30N2O2. The van der Waals surface area contributed by atoms with Crippen LogP contribution in [-0.2, 0) is 9.59 Å². The van der Waals surface area contributed by atoms with Crippen molar-refractivity contribution in [1.82, 2.24) is 4.90 Å². The molecule has 2 amide bonds. The molecule has 2 aliphatic rings. The number of amides is 2. The number of nitrogens with one attached hydrogen (secondary N) is 1. The highest BCUT2D eigenvalue weighted by atomic mass is 16.2. The van der Waals surface area contributed by atoms with Gasteiger partial charge in [0.15, 0.2) is 0 Å². The van der Waals surface area contributed by atoms with Crippen LogP contribution >= 0.6 is 0 Å². The minimum Gasteiger partial charge on any atom is -0.342 e. The molecule has 1 N–H and O–H groups in total. The molecule has 1 saturated heterocycles. The van der Waals surface area contributed by atoms with Crippen LogP contribution < -0.4 is 5.32 Å². The molecule has 1 aromatic carbocycles. The van der Waals surface area contributed by atoms with E-state index in [0.717, 1.165) is 62.9 Å². The van der Waals surface area contributed by atoms with Crippen LogP contribution in [0.2, 0.25) is 0 Å². The van der Waals surface area contributed by atoms with Gasteiger partial charge in [-0.05, 0) is 63.1 Å². The Bertz CT molecular complexity index is 598. The van der Waals surface area contributed by atoms with Crippen LogP contribution in [0.25, 0.3) is 0 Å². The first-order valence-corrected chi connectivity index (χ1v) is 9.80. The first kappa shape index (κ1) is 18.0. The van der Waals surface area contributed by atoms with E-state index in [9.17, 15) is 9.59 Å². The summed E-state index contributed by atoms with van der Waals surface area (Å²) in [6, 6.07) is 7.91. The molecular weight excluding hydrogens is 312 g/mol. The number of carbonyl (C=O) groups is 2. The van der Waals surface area contributed by atoms with Crippen molar-refractivity contribution in [2.24, 2.45) is 11.8 Å². The van der Waals surface area contributed by atoms with Crippen LogP contribution in [0.15, 0.2) is 24.3 Å². The molecule has 1 aliphatic heterocycles. The lowest BCUT2D eigenvalue weighted by Crippen LogP contribution is -2.39. The minimum absolute atomic E-state index is 0.0358. The molecule has 3 rings (SSSR count). The van der Waals surface area contributed by atoms with Crippen molar-refractivity contribution in [3.05, 3.63) is 29.8 Å². The standard InChI is InChI=1S/C21H30N2O2/c1-16-7-6-8-19(15-16)22-20(24)17-9-11-18(12-10-17)21(25)23-13-4-2-3-5-14-23/h6-8,15,17-18H,2-5,9-14H2,1H3,(H,22,24). The highest BCUT2D eigenvalue weighted by Gasteiger charge is 2.32. The van der Waals surface area contributed by atoms with E-state index >= 15 is 0 Å². The number of hydrogen-bond acceptors (Lipinski definition) is 2. The lowest BCUT2D eigenvalue weighted by atomic mass is 9.81. The first-order valence-electron chi connectivity index (χ1n) is 9.80. The smallest absolute Gasteiger partial charge is 0.227 e.